The number of nitrogens with zero attached hydrogens (tertiary/aromatic N) is 2. The third-order valence-corrected chi connectivity index (χ3v) is 3.35. The number of rotatable bonds is 5. The molecule has 19 heavy (non-hydrogen) atoms. The highest BCUT2D eigenvalue weighted by atomic mass is 35.5. The maximum Gasteiger partial charge on any atom is 0.103 e. The van der Waals surface area contributed by atoms with E-state index in [1.165, 1.54) is 0 Å². The predicted molar refractivity (Wildman–Crippen MR) is 76.0 cm³/mol. The predicted octanol–water partition coefficient (Wildman–Crippen LogP) is 2.85. The van der Waals surface area contributed by atoms with Gasteiger partial charge in [0.05, 0.1) is 23.0 Å². The molecule has 0 saturated heterocycles. The Morgan fingerprint density at radius 3 is 2.58 bits per heavy atom. The molecule has 0 saturated carbocycles. The van der Waals surface area contributed by atoms with Crippen molar-refractivity contribution in [2.45, 2.75) is 19.1 Å². The monoisotopic (exact) mass is 279 g/mol. The molecule has 5 heteroatoms. The molecule has 1 aromatic heterocycles. The molecular formula is C14H18ClN3O. The normalized spacial score (nSPS) is 14.3. The van der Waals surface area contributed by atoms with Crippen molar-refractivity contribution in [3.63, 3.8) is 0 Å². The smallest absolute Gasteiger partial charge is 0.103 e. The van der Waals surface area contributed by atoms with Gasteiger partial charge in [-0.05, 0) is 12.5 Å². The summed E-state index contributed by atoms with van der Waals surface area (Å²) in [6, 6.07) is 9.56. The Balaban J connectivity index is 2.34. The zero-order valence-corrected chi connectivity index (χ0v) is 11.8. The van der Waals surface area contributed by atoms with Crippen molar-refractivity contribution in [1.29, 1.82) is 0 Å². The molecule has 0 aliphatic carbocycles. The van der Waals surface area contributed by atoms with E-state index in [9.17, 15) is 0 Å². The van der Waals surface area contributed by atoms with Crippen LogP contribution in [0.1, 0.15) is 30.3 Å². The van der Waals surface area contributed by atoms with Crippen LogP contribution < -0.4 is 5.73 Å². The largest absolute Gasteiger partial charge is 0.372 e. The van der Waals surface area contributed by atoms with E-state index in [0.717, 1.165) is 11.3 Å². The minimum Gasteiger partial charge on any atom is -0.372 e. The molecule has 1 heterocycles. The first-order valence-corrected chi connectivity index (χ1v) is 6.62. The van der Waals surface area contributed by atoms with Gasteiger partial charge in [-0.1, -0.05) is 41.9 Å². The van der Waals surface area contributed by atoms with Crippen LogP contribution in [0.15, 0.2) is 36.5 Å². The van der Waals surface area contributed by atoms with E-state index in [4.69, 9.17) is 22.1 Å². The number of aromatic nitrogens is 2. The number of nitrogens with two attached hydrogens (primary N) is 1. The molecule has 2 rings (SSSR count). The molecule has 2 atom stereocenters. The molecule has 102 valence electrons. The standard InChI is InChI=1S/C14H18ClN3O/c1-3-19-14(10-7-5-4-6-8-10)12(16)13-11(15)9-17-18(13)2/h4-9,12,14H,3,16H2,1-2H3. The highest BCUT2D eigenvalue weighted by molar-refractivity contribution is 6.31. The van der Waals surface area contributed by atoms with Gasteiger partial charge in [0.15, 0.2) is 0 Å². The summed E-state index contributed by atoms with van der Waals surface area (Å²) in [4.78, 5) is 0. The first-order chi connectivity index (χ1) is 9.15. The van der Waals surface area contributed by atoms with Gasteiger partial charge < -0.3 is 10.5 Å². The molecule has 2 N–H and O–H groups in total. The fourth-order valence-electron chi connectivity index (χ4n) is 2.17. The number of aryl methyl sites for hydroxylation is 1. The van der Waals surface area contributed by atoms with E-state index >= 15 is 0 Å². The fraction of sp³-hybridized carbons (Fsp3) is 0.357. The summed E-state index contributed by atoms with van der Waals surface area (Å²) >= 11 is 6.15. The third kappa shape index (κ3) is 2.97. The molecular weight excluding hydrogens is 262 g/mol. The van der Waals surface area contributed by atoms with E-state index in [-0.39, 0.29) is 12.1 Å². The van der Waals surface area contributed by atoms with Crippen LogP contribution in [0.25, 0.3) is 0 Å². The molecule has 2 unspecified atom stereocenters. The van der Waals surface area contributed by atoms with Crippen LogP contribution in [-0.2, 0) is 11.8 Å². The molecule has 0 aliphatic heterocycles. The number of benzene rings is 1. The van der Waals surface area contributed by atoms with Gasteiger partial charge in [-0.15, -0.1) is 0 Å². The average Bonchev–Trinajstić information content (AvgIpc) is 2.76. The minimum atomic E-state index is -0.359. The summed E-state index contributed by atoms with van der Waals surface area (Å²) in [5, 5.41) is 4.69. The minimum absolute atomic E-state index is 0.237. The van der Waals surface area contributed by atoms with Gasteiger partial charge in [-0.3, -0.25) is 4.68 Å². The Labute approximate surface area is 118 Å². The highest BCUT2D eigenvalue weighted by Crippen LogP contribution is 2.33. The van der Waals surface area contributed by atoms with Gasteiger partial charge in [-0.2, -0.15) is 5.10 Å². The lowest BCUT2D eigenvalue weighted by atomic mass is 10.00. The Kier molecular flexibility index (Phi) is 4.58. The molecule has 0 bridgehead atoms. The number of hydrogen-bond acceptors (Lipinski definition) is 3. The van der Waals surface area contributed by atoms with Crippen LogP contribution in [0.4, 0.5) is 0 Å². The summed E-state index contributed by atoms with van der Waals surface area (Å²) in [5.41, 5.74) is 8.15. The maximum absolute atomic E-state index is 6.33. The summed E-state index contributed by atoms with van der Waals surface area (Å²) in [6.45, 7) is 2.54. The molecule has 1 aromatic carbocycles. The molecule has 0 radical (unpaired) electrons. The van der Waals surface area contributed by atoms with Crippen molar-refractivity contribution in [3.8, 4) is 0 Å². The van der Waals surface area contributed by atoms with Crippen LogP contribution in [-0.4, -0.2) is 16.4 Å². The summed E-state index contributed by atoms with van der Waals surface area (Å²) in [5.74, 6) is 0. The number of hydrogen-bond donors (Lipinski definition) is 1. The average molecular weight is 280 g/mol. The second-order valence-corrected chi connectivity index (χ2v) is 4.72. The maximum atomic E-state index is 6.33. The van der Waals surface area contributed by atoms with Gasteiger partial charge in [0.25, 0.3) is 0 Å². The van der Waals surface area contributed by atoms with Crippen molar-refractivity contribution in [2.75, 3.05) is 6.61 Å². The lowest BCUT2D eigenvalue weighted by Gasteiger charge is -2.24. The molecule has 2 aromatic rings. The Hall–Kier alpha value is -1.36. The van der Waals surface area contributed by atoms with E-state index in [0.29, 0.717) is 11.6 Å². The third-order valence-electron chi connectivity index (χ3n) is 3.05. The lowest BCUT2D eigenvalue weighted by molar-refractivity contribution is 0.0411. The van der Waals surface area contributed by atoms with Crippen LogP contribution in [0.2, 0.25) is 5.02 Å². The SMILES string of the molecule is CCOC(c1ccccc1)C(N)c1c(Cl)cnn1C. The fourth-order valence-corrected chi connectivity index (χ4v) is 2.46. The molecule has 0 amide bonds. The molecule has 4 nitrogen and oxygen atoms in total. The van der Waals surface area contributed by atoms with Crippen molar-refractivity contribution in [2.24, 2.45) is 12.8 Å². The van der Waals surface area contributed by atoms with E-state index in [1.54, 1.807) is 10.9 Å². The zero-order valence-electron chi connectivity index (χ0n) is 11.1. The molecule has 0 spiro atoms. The second-order valence-electron chi connectivity index (χ2n) is 4.31. The first-order valence-electron chi connectivity index (χ1n) is 6.24. The Morgan fingerprint density at radius 2 is 2.05 bits per heavy atom. The lowest BCUT2D eigenvalue weighted by Crippen LogP contribution is -2.25. The summed E-state index contributed by atoms with van der Waals surface area (Å²) < 4.78 is 7.50. The Morgan fingerprint density at radius 1 is 1.37 bits per heavy atom. The van der Waals surface area contributed by atoms with E-state index < -0.39 is 0 Å². The van der Waals surface area contributed by atoms with Gasteiger partial charge in [-0.25, -0.2) is 0 Å². The first kappa shape index (κ1) is 14.1. The van der Waals surface area contributed by atoms with Crippen molar-refractivity contribution >= 4 is 11.6 Å². The second kappa shape index (κ2) is 6.19. The van der Waals surface area contributed by atoms with Gasteiger partial charge in [0, 0.05) is 13.7 Å². The molecule has 0 fully saturated rings. The van der Waals surface area contributed by atoms with Crippen molar-refractivity contribution in [3.05, 3.63) is 52.8 Å². The Bertz CT molecular complexity index is 507. The van der Waals surface area contributed by atoms with Crippen molar-refractivity contribution < 1.29 is 4.74 Å². The van der Waals surface area contributed by atoms with Crippen LogP contribution in [0.3, 0.4) is 0 Å². The number of halogens is 1. The van der Waals surface area contributed by atoms with Crippen LogP contribution in [0, 0.1) is 0 Å². The molecule has 0 aliphatic rings. The number of ether oxygens (including phenoxy) is 1. The van der Waals surface area contributed by atoms with Crippen molar-refractivity contribution in [1.82, 2.24) is 9.78 Å². The quantitative estimate of drug-likeness (QED) is 0.916. The van der Waals surface area contributed by atoms with E-state index in [2.05, 4.69) is 5.10 Å². The van der Waals surface area contributed by atoms with Gasteiger partial charge in [0.1, 0.15) is 6.10 Å². The van der Waals surface area contributed by atoms with Crippen LogP contribution in [0.5, 0.6) is 0 Å². The van der Waals surface area contributed by atoms with Gasteiger partial charge in [0.2, 0.25) is 0 Å². The van der Waals surface area contributed by atoms with Crippen LogP contribution >= 0.6 is 11.6 Å². The van der Waals surface area contributed by atoms with E-state index in [1.807, 2.05) is 44.3 Å². The topological polar surface area (TPSA) is 53.1 Å². The summed E-state index contributed by atoms with van der Waals surface area (Å²) in [7, 11) is 1.83. The zero-order chi connectivity index (χ0) is 13.8. The van der Waals surface area contributed by atoms with Gasteiger partial charge >= 0.3 is 0 Å². The summed E-state index contributed by atoms with van der Waals surface area (Å²) in [6.07, 6.45) is 1.36. The highest BCUT2D eigenvalue weighted by Gasteiger charge is 2.26.